The maximum absolute atomic E-state index is 11.9. The Hall–Kier alpha value is -0.530. The van der Waals surface area contributed by atoms with Crippen molar-refractivity contribution >= 4 is 5.97 Å². The van der Waals surface area contributed by atoms with Crippen LogP contribution in [0.15, 0.2) is 0 Å². The second-order valence-electron chi connectivity index (χ2n) is 6.53. The minimum absolute atomic E-state index is 0.0439. The highest BCUT2D eigenvalue weighted by molar-refractivity contribution is 5.75. The molecule has 2 saturated carbocycles. The van der Waals surface area contributed by atoms with Crippen molar-refractivity contribution < 1.29 is 9.53 Å². The molecule has 86 valence electrons. The van der Waals surface area contributed by atoms with Crippen LogP contribution in [0.1, 0.15) is 53.4 Å². The van der Waals surface area contributed by atoms with Crippen molar-refractivity contribution in [3.8, 4) is 0 Å². The van der Waals surface area contributed by atoms with E-state index in [1.54, 1.807) is 0 Å². The Kier molecular flexibility index (Phi) is 2.36. The predicted molar refractivity (Wildman–Crippen MR) is 59.4 cm³/mol. The van der Waals surface area contributed by atoms with Gasteiger partial charge in [0.25, 0.3) is 0 Å². The number of rotatable bonds is 1. The van der Waals surface area contributed by atoms with Crippen molar-refractivity contribution in [2.24, 2.45) is 17.3 Å². The Balaban J connectivity index is 2.03. The quantitative estimate of drug-likeness (QED) is 0.621. The highest BCUT2D eigenvalue weighted by Crippen LogP contribution is 2.52. The van der Waals surface area contributed by atoms with Crippen LogP contribution in [0.2, 0.25) is 0 Å². The number of hydrogen-bond acceptors (Lipinski definition) is 2. The molecule has 0 aromatic heterocycles. The summed E-state index contributed by atoms with van der Waals surface area (Å²) in [4.78, 5) is 11.9. The minimum Gasteiger partial charge on any atom is -0.459 e. The molecule has 0 aromatic rings. The number of hydrogen-bond donors (Lipinski definition) is 0. The van der Waals surface area contributed by atoms with Crippen LogP contribution in [0.25, 0.3) is 0 Å². The van der Waals surface area contributed by atoms with E-state index in [1.807, 2.05) is 20.8 Å². The van der Waals surface area contributed by atoms with Crippen molar-refractivity contribution in [1.82, 2.24) is 0 Å². The van der Waals surface area contributed by atoms with E-state index in [1.165, 1.54) is 19.3 Å². The van der Waals surface area contributed by atoms with Gasteiger partial charge in [-0.05, 0) is 65.2 Å². The topological polar surface area (TPSA) is 26.3 Å². The highest BCUT2D eigenvalue weighted by Gasteiger charge is 2.51. The summed E-state index contributed by atoms with van der Waals surface area (Å²) in [6, 6.07) is 0. The molecule has 3 unspecified atom stereocenters. The number of esters is 1. The van der Waals surface area contributed by atoms with E-state index in [4.69, 9.17) is 4.74 Å². The first-order valence-electron chi connectivity index (χ1n) is 6.05. The smallest absolute Gasteiger partial charge is 0.311 e. The summed E-state index contributed by atoms with van der Waals surface area (Å²) >= 11 is 0. The Morgan fingerprint density at radius 2 is 2.00 bits per heavy atom. The van der Waals surface area contributed by atoms with Gasteiger partial charge in [0.1, 0.15) is 5.60 Å². The second kappa shape index (κ2) is 3.23. The van der Waals surface area contributed by atoms with Gasteiger partial charge in [-0.15, -0.1) is 0 Å². The Morgan fingerprint density at radius 1 is 1.33 bits per heavy atom. The van der Waals surface area contributed by atoms with Gasteiger partial charge in [-0.2, -0.15) is 0 Å². The van der Waals surface area contributed by atoms with Gasteiger partial charge in [-0.1, -0.05) is 0 Å². The molecular weight excluding hydrogens is 188 g/mol. The molecule has 2 heteroatoms. The van der Waals surface area contributed by atoms with Gasteiger partial charge in [0.2, 0.25) is 0 Å². The number of ether oxygens (including phenoxy) is 1. The second-order valence-corrected chi connectivity index (χ2v) is 6.53. The molecule has 0 heterocycles. The van der Waals surface area contributed by atoms with Crippen LogP contribution < -0.4 is 0 Å². The first-order chi connectivity index (χ1) is 6.81. The molecule has 0 aliphatic heterocycles. The lowest BCUT2D eigenvalue weighted by Gasteiger charge is -2.35. The summed E-state index contributed by atoms with van der Waals surface area (Å²) in [7, 11) is 0. The van der Waals surface area contributed by atoms with Crippen LogP contribution >= 0.6 is 0 Å². The minimum atomic E-state index is -0.370. The first kappa shape index (κ1) is 11.0. The van der Waals surface area contributed by atoms with Gasteiger partial charge in [-0.3, -0.25) is 4.79 Å². The van der Waals surface area contributed by atoms with Crippen LogP contribution in [0.4, 0.5) is 0 Å². The molecule has 2 rings (SSSR count). The van der Waals surface area contributed by atoms with E-state index in [0.29, 0.717) is 5.92 Å². The van der Waals surface area contributed by atoms with Gasteiger partial charge in [0, 0.05) is 0 Å². The van der Waals surface area contributed by atoms with Crippen LogP contribution in [0.5, 0.6) is 0 Å². The number of carbonyl (C=O) groups is 1. The lowest BCUT2D eigenvalue weighted by atomic mass is 9.85. The zero-order chi connectivity index (χ0) is 11.3. The molecule has 15 heavy (non-hydrogen) atoms. The van der Waals surface area contributed by atoms with E-state index in [0.717, 1.165) is 12.3 Å². The lowest BCUT2D eigenvalue weighted by Crippen LogP contribution is -2.40. The van der Waals surface area contributed by atoms with E-state index >= 15 is 0 Å². The van der Waals surface area contributed by atoms with Crippen LogP contribution in [-0.2, 0) is 9.53 Å². The van der Waals surface area contributed by atoms with E-state index in [-0.39, 0.29) is 17.0 Å². The first-order valence-corrected chi connectivity index (χ1v) is 6.05. The van der Waals surface area contributed by atoms with Gasteiger partial charge >= 0.3 is 5.97 Å². The third kappa shape index (κ3) is 1.91. The third-order valence-electron chi connectivity index (χ3n) is 4.04. The Labute approximate surface area is 92.4 Å². The fourth-order valence-corrected chi connectivity index (χ4v) is 3.04. The number of fused-ring (bicyclic) bond motifs is 2. The summed E-state index contributed by atoms with van der Waals surface area (Å²) in [5.74, 6) is 1.39. The average Bonchev–Trinajstić information content (AvgIpc) is 2.60. The van der Waals surface area contributed by atoms with Crippen molar-refractivity contribution in [3.05, 3.63) is 0 Å². The SMILES string of the molecule is CC(C)(C)C(=O)OC1(C)CC2CCC1C2. The normalized spacial score (nSPS) is 39.5. The third-order valence-corrected chi connectivity index (χ3v) is 4.04. The van der Waals surface area contributed by atoms with Gasteiger partial charge in [0.15, 0.2) is 0 Å². The van der Waals surface area contributed by atoms with Crippen molar-refractivity contribution in [2.45, 2.75) is 59.0 Å². The summed E-state index contributed by atoms with van der Waals surface area (Å²) in [5, 5.41) is 0. The molecule has 2 bridgehead atoms. The zero-order valence-electron chi connectivity index (χ0n) is 10.3. The molecule has 3 atom stereocenters. The maximum Gasteiger partial charge on any atom is 0.311 e. The molecule has 0 amide bonds. The van der Waals surface area contributed by atoms with Crippen LogP contribution in [0, 0.1) is 17.3 Å². The van der Waals surface area contributed by atoms with Crippen molar-refractivity contribution in [1.29, 1.82) is 0 Å². The molecule has 0 N–H and O–H groups in total. The molecule has 2 nitrogen and oxygen atoms in total. The van der Waals surface area contributed by atoms with Gasteiger partial charge in [-0.25, -0.2) is 0 Å². The van der Waals surface area contributed by atoms with Gasteiger partial charge in [0.05, 0.1) is 5.41 Å². The lowest BCUT2D eigenvalue weighted by molar-refractivity contribution is -0.173. The summed E-state index contributed by atoms with van der Waals surface area (Å²) < 4.78 is 5.76. The van der Waals surface area contributed by atoms with Crippen molar-refractivity contribution in [2.75, 3.05) is 0 Å². The molecule has 2 aliphatic rings. The summed E-state index contributed by atoms with van der Waals surface area (Å²) in [5.41, 5.74) is -0.530. The molecular formula is C13H22O2. The zero-order valence-corrected chi connectivity index (χ0v) is 10.3. The average molecular weight is 210 g/mol. The molecule has 0 aromatic carbocycles. The van der Waals surface area contributed by atoms with E-state index < -0.39 is 0 Å². The summed E-state index contributed by atoms with van der Waals surface area (Å²) in [6.07, 6.45) is 4.94. The highest BCUT2D eigenvalue weighted by atomic mass is 16.6. The van der Waals surface area contributed by atoms with Crippen molar-refractivity contribution in [3.63, 3.8) is 0 Å². The molecule has 0 saturated heterocycles. The van der Waals surface area contributed by atoms with Gasteiger partial charge < -0.3 is 4.74 Å². The maximum atomic E-state index is 11.9. The molecule has 2 fully saturated rings. The van der Waals surface area contributed by atoms with E-state index in [9.17, 15) is 4.79 Å². The molecule has 0 spiro atoms. The van der Waals surface area contributed by atoms with Crippen LogP contribution in [-0.4, -0.2) is 11.6 Å². The monoisotopic (exact) mass is 210 g/mol. The molecule has 0 radical (unpaired) electrons. The fraction of sp³-hybridized carbons (Fsp3) is 0.923. The standard InChI is InChI=1S/C13H22O2/c1-12(2,3)11(14)15-13(4)8-9-5-6-10(13)7-9/h9-10H,5-8H2,1-4H3. The largest absolute Gasteiger partial charge is 0.459 e. The number of carbonyl (C=O) groups excluding carboxylic acids is 1. The predicted octanol–water partition coefficient (Wildman–Crippen LogP) is 3.15. The summed E-state index contributed by atoms with van der Waals surface area (Å²) in [6.45, 7) is 7.89. The Bertz CT molecular complexity index is 277. The fourth-order valence-electron chi connectivity index (χ4n) is 3.04. The van der Waals surface area contributed by atoms with Crippen LogP contribution in [0.3, 0.4) is 0 Å². The van der Waals surface area contributed by atoms with E-state index in [2.05, 4.69) is 6.92 Å². The Morgan fingerprint density at radius 3 is 2.40 bits per heavy atom. The molecule has 2 aliphatic carbocycles.